The average Bonchev–Trinajstić information content (AvgIpc) is 3.42. The van der Waals surface area contributed by atoms with E-state index in [9.17, 15) is 46.6 Å². The topological polar surface area (TPSA) is 121 Å². The number of amides is 4. The number of carbonyl (C=O) groups is 5. The Morgan fingerprint density at radius 1 is 0.920 bits per heavy atom. The number of rotatable bonds is 5. The van der Waals surface area contributed by atoms with Gasteiger partial charge in [-0.05, 0) is 93.3 Å². The van der Waals surface area contributed by atoms with Gasteiger partial charge in [-0.2, -0.15) is 0 Å². The Balaban J connectivity index is 1.37. The number of allylic oxidation sites excluding steroid dienone is 2. The van der Waals surface area contributed by atoms with Gasteiger partial charge < -0.3 is 9.84 Å². The van der Waals surface area contributed by atoms with Crippen molar-refractivity contribution < 1.29 is 51.4 Å². The molecule has 0 aromatic heterocycles. The Morgan fingerprint density at radius 3 is 2.24 bits per heavy atom. The van der Waals surface area contributed by atoms with E-state index in [0.717, 1.165) is 40.1 Å². The Bertz CT molecular complexity index is 2050. The quantitative estimate of drug-likeness (QED) is 0.135. The third-order valence-corrected chi connectivity index (χ3v) is 10.8. The number of ether oxygens (including phenoxy) is 1. The molecule has 6 atom stereocenters. The summed E-state index contributed by atoms with van der Waals surface area (Å²) in [5.74, 6) is -9.94. The van der Waals surface area contributed by atoms with Gasteiger partial charge in [0.05, 0.1) is 39.6 Å². The van der Waals surface area contributed by atoms with Gasteiger partial charge in [0.25, 0.3) is 0 Å². The molecule has 2 saturated heterocycles. The molecular formula is C36H27ClF4N2O7. The van der Waals surface area contributed by atoms with Crippen LogP contribution in [0.5, 0.6) is 11.5 Å². The lowest BCUT2D eigenvalue weighted by Crippen LogP contribution is -2.49. The monoisotopic (exact) mass is 710 g/mol. The van der Waals surface area contributed by atoms with Gasteiger partial charge in [-0.15, -0.1) is 13.2 Å². The first kappa shape index (κ1) is 33.5. The van der Waals surface area contributed by atoms with Crippen LogP contribution in [-0.4, -0.2) is 40.9 Å². The van der Waals surface area contributed by atoms with Crippen molar-refractivity contribution >= 4 is 52.4 Å². The van der Waals surface area contributed by atoms with Gasteiger partial charge in [0, 0.05) is 17.0 Å². The van der Waals surface area contributed by atoms with E-state index >= 15 is 0 Å². The fourth-order valence-electron chi connectivity index (χ4n) is 8.29. The number of fused-ring (bicyclic) bond motifs is 4. The summed E-state index contributed by atoms with van der Waals surface area (Å²) >= 11 is 6.01. The van der Waals surface area contributed by atoms with E-state index in [0.29, 0.717) is 11.1 Å². The van der Waals surface area contributed by atoms with Gasteiger partial charge in [0.2, 0.25) is 23.6 Å². The third-order valence-electron chi connectivity index (χ3n) is 10.5. The number of phenolic OH excluding ortho intramolecular Hbond substituents is 1. The lowest BCUT2D eigenvalue weighted by Gasteiger charge is -2.49. The van der Waals surface area contributed by atoms with Crippen LogP contribution in [0.4, 0.5) is 28.9 Å². The number of hydrogen-bond donors (Lipinski definition) is 1. The molecule has 4 amide bonds. The number of nitrogens with zero attached hydrogens (tertiary/aromatic N) is 2. The van der Waals surface area contributed by atoms with Crippen LogP contribution in [0.3, 0.4) is 0 Å². The fraction of sp³-hybridized carbons (Fsp3) is 0.306. The molecule has 2 aliphatic carbocycles. The van der Waals surface area contributed by atoms with Crippen molar-refractivity contribution in [2.24, 2.45) is 29.1 Å². The van der Waals surface area contributed by atoms with Crippen molar-refractivity contribution in [2.45, 2.75) is 39.0 Å². The second-order valence-electron chi connectivity index (χ2n) is 13.1. The van der Waals surface area contributed by atoms with Crippen LogP contribution in [0.15, 0.2) is 72.3 Å². The molecule has 3 aromatic rings. The minimum Gasteiger partial charge on any atom is -0.508 e. The van der Waals surface area contributed by atoms with Crippen LogP contribution in [0.25, 0.3) is 0 Å². The normalized spacial score (nSPS) is 27.6. The van der Waals surface area contributed by atoms with Crippen LogP contribution >= 0.6 is 11.6 Å². The van der Waals surface area contributed by atoms with Gasteiger partial charge in [-0.3, -0.25) is 28.9 Å². The minimum absolute atomic E-state index is 0.0271. The van der Waals surface area contributed by atoms with Crippen molar-refractivity contribution in [2.75, 3.05) is 9.80 Å². The maximum absolute atomic E-state index is 14.5. The standard InChI is InChI=1S/C36H27ClF4N2O7/c1-16(44)17-3-5-18(6-4-17)42-31(46)22-10-9-21-23(29(22)33(42)48)15-25-32(47)43(19-7-11-27(38)26(37)13-19)34(49)35(25,2)30(21)24-14-20(8-12-28(24)45)50-36(39,40)41/h3-9,11-14,22-23,25,29-30,45H,10,15H2,1-2H3/t22-,23+,25-,29-,30+,35+/m0/s1. The zero-order valence-corrected chi connectivity index (χ0v) is 27.1. The average molecular weight is 711 g/mol. The zero-order valence-electron chi connectivity index (χ0n) is 26.3. The van der Waals surface area contributed by atoms with E-state index in [2.05, 4.69) is 4.74 Å². The summed E-state index contributed by atoms with van der Waals surface area (Å²) in [6.45, 7) is 2.85. The fourth-order valence-corrected chi connectivity index (χ4v) is 8.46. The van der Waals surface area contributed by atoms with E-state index in [4.69, 9.17) is 11.6 Å². The number of Topliss-reactive ketones (excluding diaryl/α,β-unsaturated/α-hetero) is 1. The summed E-state index contributed by atoms with van der Waals surface area (Å²) < 4.78 is 58.2. The molecule has 1 saturated carbocycles. The number of ketones is 1. The Hall–Kier alpha value is -5.04. The molecule has 0 spiro atoms. The molecule has 0 unspecified atom stereocenters. The van der Waals surface area contributed by atoms with Crippen LogP contribution in [0.1, 0.15) is 48.5 Å². The lowest BCUT2D eigenvalue weighted by molar-refractivity contribution is -0.274. The highest BCUT2D eigenvalue weighted by atomic mass is 35.5. The van der Waals surface area contributed by atoms with E-state index in [1.54, 1.807) is 6.08 Å². The van der Waals surface area contributed by atoms with E-state index < -0.39 is 82.3 Å². The molecular weight excluding hydrogens is 684 g/mol. The van der Waals surface area contributed by atoms with Crippen LogP contribution in [-0.2, 0) is 19.2 Å². The van der Waals surface area contributed by atoms with Crippen molar-refractivity contribution in [3.8, 4) is 11.5 Å². The second-order valence-corrected chi connectivity index (χ2v) is 13.6. The van der Waals surface area contributed by atoms with Gasteiger partial charge in [0.15, 0.2) is 5.78 Å². The zero-order chi connectivity index (χ0) is 36.0. The molecule has 7 rings (SSSR count). The Kier molecular flexibility index (Phi) is 7.70. The number of carbonyl (C=O) groups excluding carboxylic acids is 5. The summed E-state index contributed by atoms with van der Waals surface area (Å²) in [6, 6.07) is 12.1. The van der Waals surface area contributed by atoms with E-state index in [1.165, 1.54) is 44.2 Å². The first-order valence-electron chi connectivity index (χ1n) is 15.6. The lowest BCUT2D eigenvalue weighted by atomic mass is 9.51. The number of alkyl halides is 3. The predicted molar refractivity (Wildman–Crippen MR) is 170 cm³/mol. The third kappa shape index (κ3) is 5.00. The molecule has 0 radical (unpaired) electrons. The summed E-state index contributed by atoms with van der Waals surface area (Å²) in [7, 11) is 0. The number of imide groups is 2. The Labute approximate surface area is 287 Å². The molecule has 2 aliphatic heterocycles. The molecule has 9 nitrogen and oxygen atoms in total. The highest BCUT2D eigenvalue weighted by Gasteiger charge is 2.68. The molecule has 14 heteroatoms. The summed E-state index contributed by atoms with van der Waals surface area (Å²) in [6.07, 6.45) is -3.49. The molecule has 4 aliphatic rings. The van der Waals surface area contributed by atoms with Crippen LogP contribution < -0.4 is 14.5 Å². The van der Waals surface area contributed by atoms with Crippen molar-refractivity contribution in [3.63, 3.8) is 0 Å². The number of aromatic hydroxyl groups is 1. The van der Waals surface area contributed by atoms with Gasteiger partial charge in [-0.1, -0.05) is 23.3 Å². The van der Waals surface area contributed by atoms with Gasteiger partial charge >= 0.3 is 6.36 Å². The predicted octanol–water partition coefficient (Wildman–Crippen LogP) is 6.72. The first-order chi connectivity index (χ1) is 23.5. The second kappa shape index (κ2) is 11.5. The smallest absolute Gasteiger partial charge is 0.508 e. The molecule has 258 valence electrons. The minimum atomic E-state index is -5.09. The van der Waals surface area contributed by atoms with E-state index in [1.807, 2.05) is 0 Å². The van der Waals surface area contributed by atoms with Crippen molar-refractivity contribution in [1.82, 2.24) is 0 Å². The van der Waals surface area contributed by atoms with E-state index in [-0.39, 0.29) is 40.6 Å². The largest absolute Gasteiger partial charge is 0.573 e. The van der Waals surface area contributed by atoms with Crippen LogP contribution in [0.2, 0.25) is 5.02 Å². The highest BCUT2D eigenvalue weighted by molar-refractivity contribution is 6.32. The molecule has 1 N–H and O–H groups in total. The molecule has 3 aromatic carbocycles. The first-order valence-corrected chi connectivity index (χ1v) is 16.0. The number of benzene rings is 3. The molecule has 50 heavy (non-hydrogen) atoms. The number of hydrogen-bond acceptors (Lipinski definition) is 7. The Morgan fingerprint density at radius 2 is 1.60 bits per heavy atom. The molecule has 3 fully saturated rings. The van der Waals surface area contributed by atoms with Crippen LogP contribution in [0, 0.1) is 34.9 Å². The number of phenols is 1. The van der Waals surface area contributed by atoms with Crippen molar-refractivity contribution in [1.29, 1.82) is 0 Å². The summed E-state index contributed by atoms with van der Waals surface area (Å²) in [4.78, 5) is 70.5. The van der Waals surface area contributed by atoms with Gasteiger partial charge in [-0.25, -0.2) is 9.29 Å². The molecule has 2 heterocycles. The van der Waals surface area contributed by atoms with Crippen molar-refractivity contribution in [3.05, 3.63) is 94.3 Å². The SMILES string of the molecule is CC(=O)c1ccc(N2C(=O)[C@H]3[C@H](CC=C4[C@H]3C[C@H]3C(=O)N(c5ccc(F)c(Cl)c5)C(=O)[C@@]3(C)[C@H]4c3cc(OC(F)(F)F)ccc3O)C2=O)cc1. The summed E-state index contributed by atoms with van der Waals surface area (Å²) in [5, 5.41) is 10.8. The number of anilines is 2. The highest BCUT2D eigenvalue weighted by Crippen LogP contribution is 2.64. The molecule has 0 bridgehead atoms. The summed E-state index contributed by atoms with van der Waals surface area (Å²) in [5.41, 5.74) is -0.908. The van der Waals surface area contributed by atoms with Gasteiger partial charge in [0.1, 0.15) is 17.3 Å². The number of halogens is 5. The maximum Gasteiger partial charge on any atom is 0.573 e. The maximum atomic E-state index is 14.5.